The molecule has 1 fully saturated rings. The number of hydrogen-bond acceptors (Lipinski definition) is 3. The number of benzene rings is 1. The van der Waals surface area contributed by atoms with Gasteiger partial charge in [-0.05, 0) is 43.5 Å². The summed E-state index contributed by atoms with van der Waals surface area (Å²) < 4.78 is 5.15. The number of anilines is 1. The van der Waals surface area contributed by atoms with Gasteiger partial charge in [0.1, 0.15) is 5.75 Å². The van der Waals surface area contributed by atoms with Crippen molar-refractivity contribution in [2.45, 2.75) is 31.7 Å². The minimum absolute atomic E-state index is 0.613. The molecule has 16 heavy (non-hydrogen) atoms. The van der Waals surface area contributed by atoms with Crippen molar-refractivity contribution in [3.8, 4) is 5.75 Å². The number of nitrogens with one attached hydrogen (secondary N) is 1. The maximum Gasteiger partial charge on any atom is 0.141 e. The third-order valence-electron chi connectivity index (χ3n) is 3.19. The number of rotatable bonds is 3. The molecule has 1 atom stereocenters. The number of methoxy groups -OCH3 is 1. The van der Waals surface area contributed by atoms with E-state index >= 15 is 0 Å². The zero-order valence-corrected chi connectivity index (χ0v) is 9.83. The van der Waals surface area contributed by atoms with Gasteiger partial charge in [0.2, 0.25) is 0 Å². The summed E-state index contributed by atoms with van der Waals surface area (Å²) in [6.07, 6.45) is 4.98. The topological polar surface area (TPSA) is 47.3 Å². The van der Waals surface area contributed by atoms with Gasteiger partial charge in [-0.1, -0.05) is 12.5 Å². The summed E-state index contributed by atoms with van der Waals surface area (Å²) in [6, 6.07) is 6.69. The van der Waals surface area contributed by atoms with Gasteiger partial charge in [-0.15, -0.1) is 0 Å². The molecule has 88 valence electrons. The van der Waals surface area contributed by atoms with Gasteiger partial charge in [-0.25, -0.2) is 0 Å². The Kier molecular flexibility index (Phi) is 3.67. The van der Waals surface area contributed by atoms with Gasteiger partial charge in [0, 0.05) is 6.04 Å². The molecule has 3 nitrogen and oxygen atoms in total. The summed E-state index contributed by atoms with van der Waals surface area (Å²) in [4.78, 5) is 0. The summed E-state index contributed by atoms with van der Waals surface area (Å²) in [5, 5.41) is 3.54. The van der Waals surface area contributed by atoms with E-state index in [9.17, 15) is 0 Å². The average Bonchev–Trinajstić information content (AvgIpc) is 2.31. The predicted molar refractivity (Wildman–Crippen MR) is 66.8 cm³/mol. The van der Waals surface area contributed by atoms with E-state index in [2.05, 4.69) is 11.4 Å². The molecular weight excluding hydrogens is 200 g/mol. The van der Waals surface area contributed by atoms with Crippen LogP contribution in [0.5, 0.6) is 5.75 Å². The van der Waals surface area contributed by atoms with E-state index in [1.54, 1.807) is 7.11 Å². The molecule has 1 aromatic rings. The van der Waals surface area contributed by atoms with Gasteiger partial charge in [0.25, 0.3) is 0 Å². The van der Waals surface area contributed by atoms with E-state index in [4.69, 9.17) is 10.5 Å². The largest absolute Gasteiger partial charge is 0.495 e. The van der Waals surface area contributed by atoms with Gasteiger partial charge in [-0.2, -0.15) is 0 Å². The predicted octanol–water partition coefficient (Wildman–Crippen LogP) is 1.96. The van der Waals surface area contributed by atoms with Crippen LogP contribution in [0.15, 0.2) is 18.2 Å². The Hall–Kier alpha value is -1.22. The molecular formula is C13H20N2O. The van der Waals surface area contributed by atoms with Crippen LogP contribution < -0.4 is 15.8 Å². The van der Waals surface area contributed by atoms with E-state index < -0.39 is 0 Å². The first-order chi connectivity index (χ1) is 7.79. The van der Waals surface area contributed by atoms with E-state index in [1.807, 2.05) is 12.1 Å². The van der Waals surface area contributed by atoms with Crippen LogP contribution in [0, 0.1) is 0 Å². The molecule has 0 aromatic heterocycles. The minimum Gasteiger partial charge on any atom is -0.495 e. The van der Waals surface area contributed by atoms with Crippen molar-refractivity contribution in [3.05, 3.63) is 23.8 Å². The van der Waals surface area contributed by atoms with Gasteiger partial charge in [0.05, 0.1) is 12.8 Å². The van der Waals surface area contributed by atoms with Gasteiger partial charge in [-0.3, -0.25) is 0 Å². The smallest absolute Gasteiger partial charge is 0.141 e. The Morgan fingerprint density at radius 1 is 1.44 bits per heavy atom. The maximum absolute atomic E-state index is 5.89. The summed E-state index contributed by atoms with van der Waals surface area (Å²) >= 11 is 0. The third-order valence-corrected chi connectivity index (χ3v) is 3.19. The molecule has 0 bridgehead atoms. The van der Waals surface area contributed by atoms with Crippen LogP contribution in [0.25, 0.3) is 0 Å². The van der Waals surface area contributed by atoms with Gasteiger partial charge >= 0.3 is 0 Å². The second-order valence-electron chi connectivity index (χ2n) is 4.43. The third kappa shape index (κ3) is 2.67. The fourth-order valence-corrected chi connectivity index (χ4v) is 2.29. The van der Waals surface area contributed by atoms with Gasteiger partial charge in [0.15, 0.2) is 0 Å². The summed E-state index contributed by atoms with van der Waals surface area (Å²) in [5.41, 5.74) is 7.91. The van der Waals surface area contributed by atoms with Crippen molar-refractivity contribution < 1.29 is 4.74 Å². The van der Waals surface area contributed by atoms with Crippen molar-refractivity contribution in [2.75, 3.05) is 19.4 Å². The first-order valence-electron chi connectivity index (χ1n) is 5.95. The summed E-state index contributed by atoms with van der Waals surface area (Å²) in [5.74, 6) is 0.764. The van der Waals surface area contributed by atoms with E-state index in [-0.39, 0.29) is 0 Å². The Balaban J connectivity index is 2.01. The van der Waals surface area contributed by atoms with Gasteiger partial charge < -0.3 is 15.8 Å². The number of ether oxygens (including phenoxy) is 1. The second kappa shape index (κ2) is 5.21. The lowest BCUT2D eigenvalue weighted by molar-refractivity contribution is 0.398. The fraction of sp³-hybridized carbons (Fsp3) is 0.538. The standard InChI is InChI=1S/C13H20N2O/c1-16-13-6-5-10(9-12(13)14)8-11-4-2-3-7-15-11/h5-6,9,11,15H,2-4,7-8,14H2,1H3. The summed E-state index contributed by atoms with van der Waals surface area (Å²) in [7, 11) is 1.65. The maximum atomic E-state index is 5.89. The molecule has 1 aromatic carbocycles. The average molecular weight is 220 g/mol. The minimum atomic E-state index is 0.613. The first-order valence-corrected chi connectivity index (χ1v) is 5.95. The molecule has 2 rings (SSSR count). The number of nitrogens with two attached hydrogens (primary N) is 1. The van der Waals surface area contributed by atoms with Crippen LogP contribution in [0.3, 0.4) is 0 Å². The van der Waals surface area contributed by atoms with Crippen LogP contribution >= 0.6 is 0 Å². The van der Waals surface area contributed by atoms with Crippen molar-refractivity contribution in [1.82, 2.24) is 5.32 Å². The Morgan fingerprint density at radius 3 is 2.94 bits per heavy atom. The molecule has 3 N–H and O–H groups in total. The molecule has 0 spiro atoms. The molecule has 0 radical (unpaired) electrons. The lowest BCUT2D eigenvalue weighted by atomic mass is 9.97. The molecule has 1 saturated heterocycles. The molecule has 0 aliphatic carbocycles. The molecule has 0 amide bonds. The Bertz CT molecular complexity index is 346. The SMILES string of the molecule is COc1ccc(CC2CCCCN2)cc1N. The summed E-state index contributed by atoms with van der Waals surface area (Å²) in [6.45, 7) is 1.15. The molecule has 1 heterocycles. The molecule has 1 aliphatic heterocycles. The zero-order chi connectivity index (χ0) is 11.4. The highest BCUT2D eigenvalue weighted by Crippen LogP contribution is 2.23. The number of nitrogen functional groups attached to an aromatic ring is 1. The molecule has 1 aliphatic rings. The lowest BCUT2D eigenvalue weighted by Gasteiger charge is -2.23. The van der Waals surface area contributed by atoms with Crippen LogP contribution in [0.2, 0.25) is 0 Å². The monoisotopic (exact) mass is 220 g/mol. The van der Waals surface area contributed by atoms with Crippen molar-refractivity contribution >= 4 is 5.69 Å². The molecule has 1 unspecified atom stereocenters. The second-order valence-corrected chi connectivity index (χ2v) is 4.43. The van der Waals surface area contributed by atoms with Crippen molar-refractivity contribution in [2.24, 2.45) is 0 Å². The first kappa shape index (κ1) is 11.3. The van der Waals surface area contributed by atoms with E-state index in [0.717, 1.165) is 24.4 Å². The normalized spacial score (nSPS) is 20.7. The van der Waals surface area contributed by atoms with Crippen LogP contribution in [-0.4, -0.2) is 19.7 Å². The number of piperidine rings is 1. The highest BCUT2D eigenvalue weighted by molar-refractivity contribution is 5.54. The Morgan fingerprint density at radius 2 is 2.31 bits per heavy atom. The fourth-order valence-electron chi connectivity index (χ4n) is 2.29. The Labute approximate surface area is 97.0 Å². The number of hydrogen-bond donors (Lipinski definition) is 2. The van der Waals surface area contributed by atoms with Crippen LogP contribution in [0.4, 0.5) is 5.69 Å². The van der Waals surface area contributed by atoms with E-state index in [0.29, 0.717) is 6.04 Å². The lowest BCUT2D eigenvalue weighted by Crippen LogP contribution is -2.35. The van der Waals surface area contributed by atoms with Crippen molar-refractivity contribution in [1.29, 1.82) is 0 Å². The van der Waals surface area contributed by atoms with E-state index in [1.165, 1.54) is 24.8 Å². The highest BCUT2D eigenvalue weighted by atomic mass is 16.5. The highest BCUT2D eigenvalue weighted by Gasteiger charge is 2.13. The van der Waals surface area contributed by atoms with Crippen molar-refractivity contribution in [3.63, 3.8) is 0 Å². The quantitative estimate of drug-likeness (QED) is 0.766. The molecule has 0 saturated carbocycles. The van der Waals surface area contributed by atoms with Crippen LogP contribution in [0.1, 0.15) is 24.8 Å². The molecule has 3 heteroatoms. The van der Waals surface area contributed by atoms with Crippen LogP contribution in [-0.2, 0) is 6.42 Å². The zero-order valence-electron chi connectivity index (χ0n) is 9.83.